The van der Waals surface area contributed by atoms with E-state index in [-0.39, 0.29) is 6.04 Å². The van der Waals surface area contributed by atoms with E-state index in [4.69, 9.17) is 0 Å². The average Bonchev–Trinajstić information content (AvgIpc) is 2.62. The molecule has 2 rings (SSSR count). The van der Waals surface area contributed by atoms with Crippen molar-refractivity contribution in [2.24, 2.45) is 0 Å². The summed E-state index contributed by atoms with van der Waals surface area (Å²) in [5.74, 6) is 0. The Hall–Kier alpha value is -0.160. The van der Waals surface area contributed by atoms with Gasteiger partial charge in [0.15, 0.2) is 0 Å². The van der Waals surface area contributed by atoms with Gasteiger partial charge in [-0.05, 0) is 75.5 Å². The minimum atomic E-state index is 0.225. The summed E-state index contributed by atoms with van der Waals surface area (Å²) in [6.45, 7) is 4.30. The topological polar surface area (TPSA) is 12.0 Å². The van der Waals surface area contributed by atoms with Crippen LogP contribution in [0.5, 0.6) is 0 Å². The Morgan fingerprint density at radius 1 is 1.11 bits per heavy atom. The molecule has 0 saturated heterocycles. The molecule has 0 aliphatic heterocycles. The van der Waals surface area contributed by atoms with Crippen LogP contribution in [0.4, 0.5) is 0 Å². The third-order valence-electron chi connectivity index (χ3n) is 3.02. The molecule has 1 nitrogen and oxygen atoms in total. The molecule has 0 amide bonds. The Morgan fingerprint density at radius 3 is 2.33 bits per heavy atom. The van der Waals surface area contributed by atoms with Crippen molar-refractivity contribution in [1.29, 1.82) is 0 Å². The molecule has 18 heavy (non-hydrogen) atoms. The second-order valence-electron chi connectivity index (χ2n) is 4.36. The van der Waals surface area contributed by atoms with Crippen LogP contribution in [0.1, 0.15) is 28.3 Å². The molecule has 1 N–H and O–H groups in total. The summed E-state index contributed by atoms with van der Waals surface area (Å²) >= 11 is 8.90. The summed E-state index contributed by atoms with van der Waals surface area (Å²) in [5.41, 5.74) is 5.23. The van der Waals surface area contributed by atoms with Crippen molar-refractivity contribution in [3.05, 3.63) is 54.1 Å². The van der Waals surface area contributed by atoms with Gasteiger partial charge in [-0.2, -0.15) is 0 Å². The minimum Gasteiger partial charge on any atom is -0.309 e. The Labute approximate surface area is 129 Å². The van der Waals surface area contributed by atoms with Crippen LogP contribution in [-0.4, -0.2) is 7.05 Å². The van der Waals surface area contributed by atoms with Gasteiger partial charge in [-0.1, -0.05) is 23.8 Å². The van der Waals surface area contributed by atoms with Gasteiger partial charge in [0.2, 0.25) is 0 Å². The number of aryl methyl sites for hydroxylation is 2. The fraction of sp³-hybridized carbons (Fsp3) is 0.286. The number of nitrogens with one attached hydrogen (secondary N) is 1. The molecule has 0 radical (unpaired) electrons. The molecule has 1 aromatic heterocycles. The lowest BCUT2D eigenvalue weighted by Crippen LogP contribution is -2.18. The molecule has 0 bridgehead atoms. The van der Waals surface area contributed by atoms with Crippen LogP contribution in [-0.2, 0) is 0 Å². The zero-order chi connectivity index (χ0) is 13.3. The summed E-state index contributed by atoms with van der Waals surface area (Å²) in [4.78, 5) is 0. The van der Waals surface area contributed by atoms with Crippen molar-refractivity contribution in [2.45, 2.75) is 19.9 Å². The average molecular weight is 389 g/mol. The van der Waals surface area contributed by atoms with E-state index in [1.807, 2.05) is 7.05 Å². The summed E-state index contributed by atoms with van der Waals surface area (Å²) < 4.78 is 2.32. The van der Waals surface area contributed by atoms with Crippen LogP contribution in [0.25, 0.3) is 0 Å². The van der Waals surface area contributed by atoms with Crippen molar-refractivity contribution in [3.63, 3.8) is 0 Å². The van der Waals surface area contributed by atoms with Gasteiger partial charge in [0.05, 0.1) is 13.6 Å². The van der Waals surface area contributed by atoms with Crippen LogP contribution in [0.3, 0.4) is 0 Å². The van der Waals surface area contributed by atoms with E-state index in [9.17, 15) is 0 Å². The van der Waals surface area contributed by atoms with Crippen LogP contribution < -0.4 is 5.32 Å². The number of hydrogen-bond acceptors (Lipinski definition) is 2. The lowest BCUT2D eigenvalue weighted by atomic mass is 9.95. The maximum Gasteiger partial charge on any atom is 0.0761 e. The molecule has 2 aromatic rings. The quantitative estimate of drug-likeness (QED) is 0.761. The Morgan fingerprint density at radius 2 is 1.83 bits per heavy atom. The molecule has 1 heterocycles. The Bertz CT molecular complexity index is 563. The molecular weight excluding hydrogens is 374 g/mol. The van der Waals surface area contributed by atoms with Crippen molar-refractivity contribution >= 4 is 43.2 Å². The van der Waals surface area contributed by atoms with Gasteiger partial charge in [0, 0.05) is 0 Å². The maximum absolute atomic E-state index is 3.64. The van der Waals surface area contributed by atoms with E-state index in [1.165, 1.54) is 26.0 Å². The fourth-order valence-corrected chi connectivity index (χ4v) is 5.08. The number of thiophene rings is 1. The molecule has 0 spiro atoms. The van der Waals surface area contributed by atoms with E-state index in [2.05, 4.69) is 75.3 Å². The predicted molar refractivity (Wildman–Crippen MR) is 86.5 cm³/mol. The highest BCUT2D eigenvalue weighted by atomic mass is 79.9. The Balaban J connectivity index is 2.48. The molecule has 1 atom stereocenters. The molecule has 0 aliphatic carbocycles. The number of hydrogen-bond donors (Lipinski definition) is 1. The number of benzene rings is 1. The second kappa shape index (κ2) is 5.87. The first-order valence-electron chi connectivity index (χ1n) is 5.72. The molecule has 0 saturated carbocycles. The summed E-state index contributed by atoms with van der Waals surface area (Å²) in [7, 11) is 2.00. The first-order chi connectivity index (χ1) is 8.52. The molecule has 96 valence electrons. The van der Waals surface area contributed by atoms with Gasteiger partial charge in [-0.25, -0.2) is 0 Å². The molecule has 0 fully saturated rings. The standard InChI is InChI=1S/C14H15Br2NS/c1-8-4-5-10(9(2)6-8)13(17-3)11-7-12(15)18-14(11)16/h4-7,13,17H,1-3H3. The summed E-state index contributed by atoms with van der Waals surface area (Å²) in [6.07, 6.45) is 0. The van der Waals surface area contributed by atoms with Gasteiger partial charge in [0.25, 0.3) is 0 Å². The zero-order valence-electron chi connectivity index (χ0n) is 10.6. The highest BCUT2D eigenvalue weighted by Crippen LogP contribution is 2.38. The maximum atomic E-state index is 3.64. The van der Waals surface area contributed by atoms with E-state index in [0.29, 0.717) is 0 Å². The van der Waals surface area contributed by atoms with Crippen molar-refractivity contribution in [2.75, 3.05) is 7.05 Å². The van der Waals surface area contributed by atoms with E-state index in [0.717, 1.165) is 3.79 Å². The first-order valence-corrected chi connectivity index (χ1v) is 8.12. The highest BCUT2D eigenvalue weighted by Gasteiger charge is 2.19. The summed E-state index contributed by atoms with van der Waals surface area (Å²) in [5, 5.41) is 3.40. The lowest BCUT2D eigenvalue weighted by Gasteiger charge is -2.19. The van der Waals surface area contributed by atoms with E-state index in [1.54, 1.807) is 11.3 Å². The minimum absolute atomic E-state index is 0.225. The number of rotatable bonds is 3. The molecular formula is C14H15Br2NS. The third kappa shape index (κ3) is 2.87. The molecule has 0 aliphatic rings. The van der Waals surface area contributed by atoms with Crippen LogP contribution >= 0.6 is 43.2 Å². The van der Waals surface area contributed by atoms with Crippen LogP contribution in [0, 0.1) is 13.8 Å². The molecule has 4 heteroatoms. The van der Waals surface area contributed by atoms with Gasteiger partial charge >= 0.3 is 0 Å². The summed E-state index contributed by atoms with van der Waals surface area (Å²) in [6, 6.07) is 9.01. The second-order valence-corrected chi connectivity index (χ2v) is 8.11. The smallest absolute Gasteiger partial charge is 0.0761 e. The van der Waals surface area contributed by atoms with Crippen LogP contribution in [0.2, 0.25) is 0 Å². The SMILES string of the molecule is CNC(c1ccc(C)cc1C)c1cc(Br)sc1Br. The third-order valence-corrected chi connectivity index (χ3v) is 5.40. The molecule has 1 aromatic carbocycles. The van der Waals surface area contributed by atoms with E-state index >= 15 is 0 Å². The van der Waals surface area contributed by atoms with Crippen LogP contribution in [0.15, 0.2) is 31.8 Å². The van der Waals surface area contributed by atoms with Crippen molar-refractivity contribution < 1.29 is 0 Å². The van der Waals surface area contributed by atoms with Crippen molar-refractivity contribution in [3.8, 4) is 0 Å². The van der Waals surface area contributed by atoms with E-state index < -0.39 is 0 Å². The monoisotopic (exact) mass is 387 g/mol. The predicted octanol–water partition coefficient (Wildman–Crippen LogP) is 5.20. The lowest BCUT2D eigenvalue weighted by molar-refractivity contribution is 0.687. The van der Waals surface area contributed by atoms with Crippen molar-refractivity contribution in [1.82, 2.24) is 5.32 Å². The normalized spacial score (nSPS) is 12.7. The highest BCUT2D eigenvalue weighted by molar-refractivity contribution is 9.12. The largest absolute Gasteiger partial charge is 0.309 e. The Kier molecular flexibility index (Phi) is 4.64. The van der Waals surface area contributed by atoms with Gasteiger partial charge < -0.3 is 5.32 Å². The fourth-order valence-electron chi connectivity index (χ4n) is 2.18. The zero-order valence-corrected chi connectivity index (χ0v) is 14.5. The van der Waals surface area contributed by atoms with Gasteiger partial charge in [0.1, 0.15) is 0 Å². The first kappa shape index (κ1) is 14.3. The van der Waals surface area contributed by atoms with Gasteiger partial charge in [-0.3, -0.25) is 0 Å². The number of halogens is 2. The molecule has 1 unspecified atom stereocenters. The van der Waals surface area contributed by atoms with Gasteiger partial charge in [-0.15, -0.1) is 11.3 Å².